The van der Waals surface area contributed by atoms with Crippen molar-refractivity contribution in [3.63, 3.8) is 0 Å². The van der Waals surface area contributed by atoms with Crippen LogP contribution >= 0.6 is 0 Å². The van der Waals surface area contributed by atoms with E-state index in [9.17, 15) is 19.5 Å². The average Bonchev–Trinajstić information content (AvgIpc) is 2.39. The molecule has 0 bridgehead atoms. The Morgan fingerprint density at radius 1 is 1.43 bits per heavy atom. The van der Waals surface area contributed by atoms with E-state index in [0.717, 1.165) is 12.8 Å². The summed E-state index contributed by atoms with van der Waals surface area (Å²) in [4.78, 5) is 36.9. The molecular formula is C15H24N3NaO4. The summed E-state index contributed by atoms with van der Waals surface area (Å²) in [6.07, 6.45) is 2.02. The fourth-order valence-electron chi connectivity index (χ4n) is 2.30. The first-order chi connectivity index (χ1) is 10.1. The molecule has 1 heterocycles. The third kappa shape index (κ3) is 6.08. The van der Waals surface area contributed by atoms with Crippen molar-refractivity contribution in [1.29, 1.82) is 0 Å². The molecular weight excluding hydrogens is 309 g/mol. The molecule has 0 fully saturated rings. The third-order valence-electron chi connectivity index (χ3n) is 3.75. The summed E-state index contributed by atoms with van der Waals surface area (Å²) in [5, 5.41) is 13.1. The van der Waals surface area contributed by atoms with Gasteiger partial charge in [0.2, 0.25) is 11.8 Å². The van der Waals surface area contributed by atoms with E-state index in [1.165, 1.54) is 0 Å². The molecule has 0 aromatic rings. The van der Waals surface area contributed by atoms with Gasteiger partial charge in [-0.15, -0.1) is 0 Å². The Morgan fingerprint density at radius 3 is 2.22 bits per heavy atom. The van der Waals surface area contributed by atoms with Crippen LogP contribution in [0.2, 0.25) is 0 Å². The molecule has 0 saturated carbocycles. The summed E-state index contributed by atoms with van der Waals surface area (Å²) >= 11 is 0. The second-order valence-electron chi connectivity index (χ2n) is 5.34. The van der Waals surface area contributed by atoms with E-state index >= 15 is 0 Å². The number of rotatable bonds is 5. The zero-order valence-corrected chi connectivity index (χ0v) is 16.6. The summed E-state index contributed by atoms with van der Waals surface area (Å²) in [5.74, 6) is -1.63. The molecule has 1 aliphatic rings. The summed E-state index contributed by atoms with van der Waals surface area (Å²) in [5.41, 5.74) is 3.95. The molecule has 2 unspecified atom stereocenters. The van der Waals surface area contributed by atoms with Crippen molar-refractivity contribution in [3.8, 4) is 0 Å². The largest absolute Gasteiger partial charge is 1.00 e. The Bertz CT molecular complexity index is 493. The number of carbonyl (C=O) groups is 3. The number of hydrogen-bond acceptors (Lipinski definition) is 4. The first-order valence-corrected chi connectivity index (χ1v) is 7.20. The Morgan fingerprint density at radius 2 is 1.91 bits per heavy atom. The van der Waals surface area contributed by atoms with Gasteiger partial charge in [-0.1, -0.05) is 33.8 Å². The number of carbonyl (C=O) groups excluding carboxylic acids is 3. The van der Waals surface area contributed by atoms with Crippen LogP contribution in [-0.2, 0) is 14.4 Å². The second kappa shape index (κ2) is 10.6. The number of amides is 3. The van der Waals surface area contributed by atoms with E-state index in [1.54, 1.807) is 13.8 Å². The maximum Gasteiger partial charge on any atom is 1.00 e. The van der Waals surface area contributed by atoms with Gasteiger partial charge in [-0.3, -0.25) is 14.4 Å². The predicted octanol–water partition coefficient (Wildman–Crippen LogP) is -2.76. The average molecular weight is 333 g/mol. The minimum Gasteiger partial charge on any atom is -0.846 e. The summed E-state index contributed by atoms with van der Waals surface area (Å²) in [7, 11) is 0. The number of hydrogen-bond donors (Lipinski definition) is 2. The van der Waals surface area contributed by atoms with Gasteiger partial charge in [-0.05, 0) is 25.7 Å². The van der Waals surface area contributed by atoms with Crippen molar-refractivity contribution in [1.82, 2.24) is 5.32 Å². The third-order valence-corrected chi connectivity index (χ3v) is 3.75. The molecule has 23 heavy (non-hydrogen) atoms. The van der Waals surface area contributed by atoms with Crippen LogP contribution in [0.3, 0.4) is 0 Å². The first-order valence-electron chi connectivity index (χ1n) is 7.20. The summed E-state index contributed by atoms with van der Waals surface area (Å²) in [6, 6.07) is -0.845. The Balaban J connectivity index is 0. The molecule has 124 valence electrons. The maximum atomic E-state index is 11.9. The van der Waals surface area contributed by atoms with Gasteiger partial charge in [0, 0.05) is 5.57 Å². The SMILES string of the molecule is C=C(C)C(N)=O.CCCC(C)C1(CC)C(=O)N=C([O-])NC1=O.[Na+]. The molecule has 7 nitrogen and oxygen atoms in total. The van der Waals surface area contributed by atoms with Crippen LogP contribution in [0.4, 0.5) is 0 Å². The molecule has 0 aromatic carbocycles. The van der Waals surface area contributed by atoms with E-state index in [2.05, 4.69) is 16.9 Å². The molecule has 8 heteroatoms. The van der Waals surface area contributed by atoms with Gasteiger partial charge in [-0.2, -0.15) is 0 Å². The van der Waals surface area contributed by atoms with Crippen LogP contribution in [0.25, 0.3) is 0 Å². The minimum absolute atomic E-state index is 0. The van der Waals surface area contributed by atoms with E-state index in [4.69, 9.17) is 5.73 Å². The zero-order valence-electron chi connectivity index (χ0n) is 14.6. The zero-order chi connectivity index (χ0) is 17.5. The normalized spacial score (nSPS) is 21.0. The molecule has 2 atom stereocenters. The first kappa shape index (κ1) is 24.1. The summed E-state index contributed by atoms with van der Waals surface area (Å²) < 4.78 is 0. The molecule has 0 aliphatic carbocycles. The molecule has 1 rings (SSSR count). The molecule has 3 N–H and O–H groups in total. The van der Waals surface area contributed by atoms with Gasteiger partial charge in [0.1, 0.15) is 5.41 Å². The minimum atomic E-state index is -1.15. The van der Waals surface area contributed by atoms with Crippen molar-refractivity contribution in [3.05, 3.63) is 12.2 Å². The smallest absolute Gasteiger partial charge is 0.846 e. The summed E-state index contributed by atoms with van der Waals surface area (Å²) in [6.45, 7) is 10.5. The molecule has 0 aromatic heterocycles. The van der Waals surface area contributed by atoms with Crippen LogP contribution < -0.4 is 45.7 Å². The predicted molar refractivity (Wildman–Crippen MR) is 81.4 cm³/mol. The van der Waals surface area contributed by atoms with Crippen molar-refractivity contribution in [2.75, 3.05) is 0 Å². The number of primary amides is 1. The molecule has 0 radical (unpaired) electrons. The van der Waals surface area contributed by atoms with Crippen molar-refractivity contribution in [2.45, 2.75) is 47.0 Å². The van der Waals surface area contributed by atoms with Crippen molar-refractivity contribution >= 4 is 23.7 Å². The number of aliphatic imine (C=N–C) groups is 1. The number of amidine groups is 1. The van der Waals surface area contributed by atoms with Gasteiger partial charge in [0.05, 0.1) is 6.02 Å². The van der Waals surface area contributed by atoms with Crippen LogP contribution in [0.15, 0.2) is 17.1 Å². The van der Waals surface area contributed by atoms with Crippen LogP contribution in [-0.4, -0.2) is 23.7 Å². The van der Waals surface area contributed by atoms with Gasteiger partial charge in [0.25, 0.3) is 5.91 Å². The molecule has 3 amide bonds. The molecule has 0 spiro atoms. The topological polar surface area (TPSA) is 125 Å². The van der Waals surface area contributed by atoms with Crippen LogP contribution in [0.1, 0.15) is 47.0 Å². The van der Waals surface area contributed by atoms with E-state index in [1.807, 2.05) is 13.8 Å². The van der Waals surface area contributed by atoms with E-state index in [-0.39, 0.29) is 35.5 Å². The molecule has 0 saturated heterocycles. The van der Waals surface area contributed by atoms with Crippen molar-refractivity contribution < 1.29 is 49.0 Å². The van der Waals surface area contributed by atoms with Gasteiger partial charge >= 0.3 is 29.6 Å². The second-order valence-corrected chi connectivity index (χ2v) is 5.34. The van der Waals surface area contributed by atoms with Crippen molar-refractivity contribution in [2.24, 2.45) is 22.1 Å². The van der Waals surface area contributed by atoms with Gasteiger partial charge < -0.3 is 16.2 Å². The fourth-order valence-corrected chi connectivity index (χ4v) is 2.30. The maximum absolute atomic E-state index is 11.9. The van der Waals surface area contributed by atoms with Crippen LogP contribution in [0.5, 0.6) is 0 Å². The Hall–Kier alpha value is -1.18. The monoisotopic (exact) mass is 333 g/mol. The number of nitrogens with zero attached hydrogens (tertiary/aromatic N) is 1. The number of nitrogens with one attached hydrogen (secondary N) is 1. The van der Waals surface area contributed by atoms with E-state index < -0.39 is 29.2 Å². The standard InChI is InChI=1S/C11H18N2O3.C4H7NO.Na/c1-4-6-7(3)11(5-2)8(14)12-10(16)13-9(11)15;1-3(2)4(5)6;/h7H,4-6H2,1-3H3,(H2,12,13,14,15,16);1H2,2H3,(H2,5,6);/q;;+1/p-1. The van der Waals surface area contributed by atoms with Gasteiger partial charge in [-0.25, -0.2) is 4.99 Å². The Labute approximate surface area is 159 Å². The van der Waals surface area contributed by atoms with E-state index in [0.29, 0.717) is 12.0 Å². The number of nitrogens with two attached hydrogens (primary N) is 1. The van der Waals surface area contributed by atoms with Crippen LogP contribution in [0, 0.1) is 11.3 Å². The molecule has 1 aliphatic heterocycles. The fraction of sp³-hybridized carbons (Fsp3) is 0.600. The van der Waals surface area contributed by atoms with Gasteiger partial charge in [0.15, 0.2) is 0 Å². The Kier molecular flexibility index (Phi) is 11.1. The quantitative estimate of drug-likeness (QED) is 0.321.